The van der Waals surface area contributed by atoms with Gasteiger partial charge < -0.3 is 0 Å². The second kappa shape index (κ2) is 7.12. The lowest BCUT2D eigenvalue weighted by molar-refractivity contribution is -0.384. The van der Waals surface area contributed by atoms with E-state index in [-0.39, 0.29) is 5.69 Å². The molecule has 1 amide bonds. The topological polar surface area (TPSA) is 84.6 Å². The minimum Gasteiger partial charge on any atom is -0.267 e. The van der Waals surface area contributed by atoms with E-state index in [2.05, 4.69) is 10.5 Å². The number of rotatable bonds is 5. The number of nitro benzene ring substituents is 1. The van der Waals surface area contributed by atoms with Gasteiger partial charge in [0.15, 0.2) is 0 Å². The molecule has 112 valence electrons. The first-order valence-corrected chi connectivity index (χ1v) is 6.78. The van der Waals surface area contributed by atoms with Gasteiger partial charge in [0.05, 0.1) is 10.6 Å². The van der Waals surface area contributed by atoms with E-state index in [0.717, 1.165) is 11.3 Å². The highest BCUT2D eigenvalue weighted by molar-refractivity contribution is 6.02. The first-order chi connectivity index (χ1) is 10.6. The summed E-state index contributed by atoms with van der Waals surface area (Å²) < 4.78 is 0. The standard InChI is InChI=1S/C16H15N3O3/c1-2-15(12-6-4-3-5-7-12)17-18-16(20)13-8-10-14(11-9-13)19(21)22/h3-11H,2H2,1H3,(H,18,20)/b17-15-. The molecule has 0 aromatic heterocycles. The van der Waals surface area contributed by atoms with Crippen LogP contribution in [0.25, 0.3) is 0 Å². The molecule has 0 radical (unpaired) electrons. The van der Waals surface area contributed by atoms with E-state index in [0.29, 0.717) is 12.0 Å². The van der Waals surface area contributed by atoms with Crippen LogP contribution in [-0.2, 0) is 0 Å². The van der Waals surface area contributed by atoms with E-state index in [4.69, 9.17) is 0 Å². The average molecular weight is 297 g/mol. The van der Waals surface area contributed by atoms with Crippen molar-refractivity contribution in [3.63, 3.8) is 0 Å². The number of nitrogens with zero attached hydrogens (tertiary/aromatic N) is 2. The van der Waals surface area contributed by atoms with Crippen LogP contribution in [0, 0.1) is 10.1 Å². The van der Waals surface area contributed by atoms with E-state index in [1.807, 2.05) is 37.3 Å². The van der Waals surface area contributed by atoms with E-state index >= 15 is 0 Å². The number of carbonyl (C=O) groups is 1. The largest absolute Gasteiger partial charge is 0.271 e. The molecule has 0 aliphatic rings. The second-order valence-corrected chi connectivity index (χ2v) is 4.52. The zero-order valence-electron chi connectivity index (χ0n) is 12.0. The number of nitrogens with one attached hydrogen (secondary N) is 1. The van der Waals surface area contributed by atoms with Crippen LogP contribution in [0.3, 0.4) is 0 Å². The van der Waals surface area contributed by atoms with Gasteiger partial charge in [0.1, 0.15) is 0 Å². The summed E-state index contributed by atoms with van der Waals surface area (Å²) in [7, 11) is 0. The van der Waals surface area contributed by atoms with Gasteiger partial charge in [0.25, 0.3) is 11.6 Å². The van der Waals surface area contributed by atoms with Crippen molar-refractivity contribution in [2.24, 2.45) is 5.10 Å². The Morgan fingerprint density at radius 1 is 1.09 bits per heavy atom. The van der Waals surface area contributed by atoms with Gasteiger partial charge in [-0.1, -0.05) is 37.3 Å². The molecular weight excluding hydrogens is 282 g/mol. The van der Waals surface area contributed by atoms with Crippen LogP contribution in [0.1, 0.15) is 29.3 Å². The average Bonchev–Trinajstić information content (AvgIpc) is 2.56. The van der Waals surface area contributed by atoms with Crippen molar-refractivity contribution in [3.8, 4) is 0 Å². The summed E-state index contributed by atoms with van der Waals surface area (Å²) >= 11 is 0. The van der Waals surface area contributed by atoms with Crippen molar-refractivity contribution in [2.75, 3.05) is 0 Å². The van der Waals surface area contributed by atoms with Gasteiger partial charge in [-0.15, -0.1) is 0 Å². The molecule has 2 aromatic carbocycles. The zero-order valence-corrected chi connectivity index (χ0v) is 12.0. The number of benzene rings is 2. The summed E-state index contributed by atoms with van der Waals surface area (Å²) in [5.41, 5.74) is 4.44. The van der Waals surface area contributed by atoms with Crippen LogP contribution < -0.4 is 5.43 Å². The lowest BCUT2D eigenvalue weighted by atomic mass is 10.1. The lowest BCUT2D eigenvalue weighted by Gasteiger charge is -2.05. The summed E-state index contributed by atoms with van der Waals surface area (Å²) in [5, 5.41) is 14.7. The quantitative estimate of drug-likeness (QED) is 0.522. The molecule has 6 nitrogen and oxygen atoms in total. The number of non-ortho nitro benzene ring substituents is 1. The molecule has 0 saturated heterocycles. The van der Waals surface area contributed by atoms with Gasteiger partial charge >= 0.3 is 0 Å². The van der Waals surface area contributed by atoms with Crippen LogP contribution in [0.5, 0.6) is 0 Å². The van der Waals surface area contributed by atoms with E-state index < -0.39 is 10.8 Å². The number of carbonyl (C=O) groups excluding carboxylic acids is 1. The Morgan fingerprint density at radius 3 is 2.27 bits per heavy atom. The van der Waals surface area contributed by atoms with Crippen molar-refractivity contribution in [1.29, 1.82) is 0 Å². The fraction of sp³-hybridized carbons (Fsp3) is 0.125. The summed E-state index contributed by atoms with van der Waals surface area (Å²) in [4.78, 5) is 22.1. The number of nitro groups is 1. The first-order valence-electron chi connectivity index (χ1n) is 6.78. The minimum absolute atomic E-state index is 0.0569. The molecule has 2 aromatic rings. The van der Waals surface area contributed by atoms with Gasteiger partial charge in [-0.05, 0) is 24.1 Å². The van der Waals surface area contributed by atoms with Gasteiger partial charge in [-0.3, -0.25) is 14.9 Å². The molecule has 2 rings (SSSR count). The van der Waals surface area contributed by atoms with E-state index in [1.165, 1.54) is 24.3 Å². The summed E-state index contributed by atoms with van der Waals surface area (Å²) in [6.45, 7) is 1.95. The molecule has 6 heteroatoms. The van der Waals surface area contributed by atoms with Crippen LogP contribution in [0.4, 0.5) is 5.69 Å². The Hall–Kier alpha value is -3.02. The van der Waals surface area contributed by atoms with Crippen molar-refractivity contribution in [2.45, 2.75) is 13.3 Å². The highest BCUT2D eigenvalue weighted by Gasteiger charge is 2.09. The Labute approximate surface area is 127 Å². The molecule has 0 bridgehead atoms. The Bertz CT molecular complexity index is 694. The molecule has 0 atom stereocenters. The Kier molecular flexibility index (Phi) is 4.98. The molecule has 0 saturated carbocycles. The second-order valence-electron chi connectivity index (χ2n) is 4.52. The van der Waals surface area contributed by atoms with Gasteiger partial charge in [-0.2, -0.15) is 5.10 Å². The third-order valence-electron chi connectivity index (χ3n) is 3.07. The van der Waals surface area contributed by atoms with Crippen molar-refractivity contribution >= 4 is 17.3 Å². The van der Waals surface area contributed by atoms with Crippen LogP contribution >= 0.6 is 0 Å². The molecule has 0 unspecified atom stereocenters. The molecule has 22 heavy (non-hydrogen) atoms. The fourth-order valence-corrected chi connectivity index (χ4v) is 1.90. The summed E-state index contributed by atoms with van der Waals surface area (Å²) in [5.74, 6) is -0.406. The molecule has 0 spiro atoms. The van der Waals surface area contributed by atoms with Crippen LogP contribution in [0.15, 0.2) is 59.7 Å². The van der Waals surface area contributed by atoms with Crippen LogP contribution in [-0.4, -0.2) is 16.5 Å². The SMILES string of the molecule is CC/C(=N/NC(=O)c1ccc([N+](=O)[O-])cc1)c1ccccc1. The minimum atomic E-state index is -0.509. The Morgan fingerprint density at radius 2 is 1.73 bits per heavy atom. The number of hydrogen-bond acceptors (Lipinski definition) is 4. The fourth-order valence-electron chi connectivity index (χ4n) is 1.90. The summed E-state index contributed by atoms with van der Waals surface area (Å²) in [6.07, 6.45) is 0.671. The number of hydrogen-bond donors (Lipinski definition) is 1. The monoisotopic (exact) mass is 297 g/mol. The molecule has 0 fully saturated rings. The molecular formula is C16H15N3O3. The molecule has 0 aliphatic heterocycles. The van der Waals surface area contributed by atoms with E-state index in [1.54, 1.807) is 0 Å². The maximum atomic E-state index is 12.0. The number of hydrazone groups is 1. The highest BCUT2D eigenvalue weighted by atomic mass is 16.6. The van der Waals surface area contributed by atoms with Crippen molar-refractivity contribution in [1.82, 2.24) is 5.43 Å². The van der Waals surface area contributed by atoms with Gasteiger partial charge in [-0.25, -0.2) is 5.43 Å². The zero-order chi connectivity index (χ0) is 15.9. The first kappa shape index (κ1) is 15.4. The van der Waals surface area contributed by atoms with E-state index in [9.17, 15) is 14.9 Å². The third kappa shape index (κ3) is 3.76. The maximum Gasteiger partial charge on any atom is 0.271 e. The molecule has 0 aliphatic carbocycles. The highest BCUT2D eigenvalue weighted by Crippen LogP contribution is 2.12. The predicted molar refractivity (Wildman–Crippen MR) is 83.8 cm³/mol. The van der Waals surface area contributed by atoms with Gasteiger partial charge in [0.2, 0.25) is 0 Å². The number of amides is 1. The lowest BCUT2D eigenvalue weighted by Crippen LogP contribution is -2.19. The third-order valence-corrected chi connectivity index (χ3v) is 3.07. The van der Waals surface area contributed by atoms with Crippen LogP contribution in [0.2, 0.25) is 0 Å². The Balaban J connectivity index is 2.10. The van der Waals surface area contributed by atoms with Crippen molar-refractivity contribution < 1.29 is 9.72 Å². The smallest absolute Gasteiger partial charge is 0.267 e. The van der Waals surface area contributed by atoms with Gasteiger partial charge in [0, 0.05) is 17.7 Å². The molecule has 0 heterocycles. The predicted octanol–water partition coefficient (Wildman–Crippen LogP) is 3.14. The molecule has 1 N–H and O–H groups in total. The van der Waals surface area contributed by atoms with Crippen molar-refractivity contribution in [3.05, 3.63) is 75.8 Å². The maximum absolute atomic E-state index is 12.0. The normalized spacial score (nSPS) is 11.0. The summed E-state index contributed by atoms with van der Waals surface area (Å²) in [6, 6.07) is 14.9.